The van der Waals surface area contributed by atoms with E-state index in [2.05, 4.69) is 13.8 Å². The van der Waals surface area contributed by atoms with Crippen LogP contribution in [0.5, 0.6) is 0 Å². The Labute approximate surface area is 109 Å². The first-order chi connectivity index (χ1) is 8.06. The molecule has 0 aromatic heterocycles. The molecule has 3 unspecified atom stereocenters. The SMILES string of the molecule is CCCC(C)OC(c1ccccc1Cl)C(C)N. The summed E-state index contributed by atoms with van der Waals surface area (Å²) in [6.45, 7) is 6.18. The lowest BCUT2D eigenvalue weighted by atomic mass is 10.0. The largest absolute Gasteiger partial charge is 0.369 e. The molecule has 0 amide bonds. The van der Waals surface area contributed by atoms with E-state index < -0.39 is 0 Å². The molecule has 1 rings (SSSR count). The predicted molar refractivity (Wildman–Crippen MR) is 73.3 cm³/mol. The molecule has 96 valence electrons. The first-order valence-corrected chi connectivity index (χ1v) is 6.59. The quantitative estimate of drug-likeness (QED) is 0.836. The van der Waals surface area contributed by atoms with Crippen molar-refractivity contribution in [3.63, 3.8) is 0 Å². The Kier molecular flexibility index (Phi) is 5.96. The number of nitrogens with two attached hydrogens (primary N) is 1. The Morgan fingerprint density at radius 1 is 1.29 bits per heavy atom. The number of ether oxygens (including phenoxy) is 1. The fraction of sp³-hybridized carbons (Fsp3) is 0.571. The minimum absolute atomic E-state index is 0.0748. The van der Waals surface area contributed by atoms with Gasteiger partial charge in [-0.15, -0.1) is 0 Å². The molecule has 0 aliphatic carbocycles. The summed E-state index contributed by atoms with van der Waals surface area (Å²) < 4.78 is 6.01. The minimum Gasteiger partial charge on any atom is -0.369 e. The predicted octanol–water partition coefficient (Wildman–Crippen LogP) is 3.93. The van der Waals surface area contributed by atoms with Crippen LogP contribution in [0.2, 0.25) is 5.02 Å². The molecular formula is C14H22ClNO. The molecule has 0 spiro atoms. The molecule has 0 aliphatic heterocycles. The third-order valence-corrected chi connectivity index (χ3v) is 3.11. The summed E-state index contributed by atoms with van der Waals surface area (Å²) in [5.74, 6) is 0. The second kappa shape index (κ2) is 7.00. The van der Waals surface area contributed by atoms with Crippen LogP contribution in [0.3, 0.4) is 0 Å². The lowest BCUT2D eigenvalue weighted by molar-refractivity contribution is -0.0186. The van der Waals surface area contributed by atoms with Crippen molar-refractivity contribution in [3.8, 4) is 0 Å². The van der Waals surface area contributed by atoms with Gasteiger partial charge < -0.3 is 10.5 Å². The Morgan fingerprint density at radius 3 is 2.47 bits per heavy atom. The molecule has 3 atom stereocenters. The van der Waals surface area contributed by atoms with Gasteiger partial charge in [0.15, 0.2) is 0 Å². The summed E-state index contributed by atoms with van der Waals surface area (Å²) in [7, 11) is 0. The molecule has 1 aromatic carbocycles. The molecule has 0 bridgehead atoms. The van der Waals surface area contributed by atoms with E-state index >= 15 is 0 Å². The van der Waals surface area contributed by atoms with Crippen molar-refractivity contribution in [2.45, 2.75) is 51.9 Å². The van der Waals surface area contributed by atoms with Gasteiger partial charge in [-0.05, 0) is 26.3 Å². The Balaban J connectivity index is 2.83. The summed E-state index contributed by atoms with van der Waals surface area (Å²) in [5, 5.41) is 0.721. The van der Waals surface area contributed by atoms with Crippen molar-refractivity contribution in [2.24, 2.45) is 5.73 Å². The third kappa shape index (κ3) is 4.30. The molecule has 2 N–H and O–H groups in total. The zero-order chi connectivity index (χ0) is 12.8. The normalized spacial score (nSPS) is 16.5. The Morgan fingerprint density at radius 2 is 1.94 bits per heavy atom. The Hall–Kier alpha value is -0.570. The smallest absolute Gasteiger partial charge is 0.0990 e. The third-order valence-electron chi connectivity index (χ3n) is 2.76. The van der Waals surface area contributed by atoms with Crippen molar-refractivity contribution in [2.75, 3.05) is 0 Å². The van der Waals surface area contributed by atoms with Crippen LogP contribution < -0.4 is 5.73 Å². The van der Waals surface area contributed by atoms with Crippen LogP contribution in [-0.4, -0.2) is 12.1 Å². The van der Waals surface area contributed by atoms with E-state index in [1.54, 1.807) is 0 Å². The highest BCUT2D eigenvalue weighted by atomic mass is 35.5. The van der Waals surface area contributed by atoms with E-state index in [1.165, 1.54) is 0 Å². The Bertz CT molecular complexity index is 341. The molecule has 17 heavy (non-hydrogen) atoms. The van der Waals surface area contributed by atoms with Crippen molar-refractivity contribution in [1.82, 2.24) is 0 Å². The van der Waals surface area contributed by atoms with E-state index in [1.807, 2.05) is 31.2 Å². The van der Waals surface area contributed by atoms with Gasteiger partial charge in [-0.1, -0.05) is 43.1 Å². The van der Waals surface area contributed by atoms with Crippen molar-refractivity contribution in [3.05, 3.63) is 34.9 Å². The van der Waals surface area contributed by atoms with Crippen LogP contribution >= 0.6 is 11.6 Å². The molecule has 0 fully saturated rings. The van der Waals surface area contributed by atoms with Crippen molar-refractivity contribution in [1.29, 1.82) is 0 Å². The van der Waals surface area contributed by atoms with Gasteiger partial charge in [0.1, 0.15) is 0 Å². The van der Waals surface area contributed by atoms with Crippen LogP contribution in [-0.2, 0) is 4.74 Å². The molecule has 2 nitrogen and oxygen atoms in total. The monoisotopic (exact) mass is 255 g/mol. The lowest BCUT2D eigenvalue weighted by Crippen LogP contribution is -2.29. The molecule has 0 saturated carbocycles. The second-order valence-electron chi connectivity index (χ2n) is 4.54. The van der Waals surface area contributed by atoms with Crippen LogP contribution in [0.1, 0.15) is 45.3 Å². The van der Waals surface area contributed by atoms with Crippen molar-refractivity contribution >= 4 is 11.6 Å². The topological polar surface area (TPSA) is 35.2 Å². The highest BCUT2D eigenvalue weighted by molar-refractivity contribution is 6.31. The van der Waals surface area contributed by atoms with Crippen LogP contribution in [0, 0.1) is 0 Å². The van der Waals surface area contributed by atoms with Crippen LogP contribution in [0.15, 0.2) is 24.3 Å². The van der Waals surface area contributed by atoms with E-state index in [9.17, 15) is 0 Å². The van der Waals surface area contributed by atoms with E-state index in [-0.39, 0.29) is 18.2 Å². The average Bonchev–Trinajstić information content (AvgIpc) is 2.27. The number of hydrogen-bond donors (Lipinski definition) is 1. The second-order valence-corrected chi connectivity index (χ2v) is 4.94. The molecule has 0 radical (unpaired) electrons. The maximum absolute atomic E-state index is 6.19. The fourth-order valence-corrected chi connectivity index (χ4v) is 2.15. The van der Waals surface area contributed by atoms with Gasteiger partial charge >= 0.3 is 0 Å². The molecule has 3 heteroatoms. The van der Waals surface area contributed by atoms with Crippen LogP contribution in [0.4, 0.5) is 0 Å². The van der Waals surface area contributed by atoms with Crippen LogP contribution in [0.25, 0.3) is 0 Å². The van der Waals surface area contributed by atoms with Gasteiger partial charge in [-0.25, -0.2) is 0 Å². The summed E-state index contributed by atoms with van der Waals surface area (Å²) in [6.07, 6.45) is 2.21. The number of benzene rings is 1. The number of hydrogen-bond acceptors (Lipinski definition) is 2. The highest BCUT2D eigenvalue weighted by Gasteiger charge is 2.21. The summed E-state index contributed by atoms with van der Waals surface area (Å²) in [6, 6.07) is 7.66. The van der Waals surface area contributed by atoms with Gasteiger partial charge in [0, 0.05) is 16.6 Å². The standard InChI is InChI=1S/C14H22ClNO/c1-4-7-10(2)17-14(11(3)16)12-8-5-6-9-13(12)15/h5-6,8-11,14H,4,7,16H2,1-3H3. The van der Waals surface area contributed by atoms with E-state index in [4.69, 9.17) is 22.1 Å². The highest BCUT2D eigenvalue weighted by Crippen LogP contribution is 2.29. The fourth-order valence-electron chi connectivity index (χ4n) is 1.91. The van der Waals surface area contributed by atoms with Gasteiger partial charge in [0.05, 0.1) is 12.2 Å². The summed E-state index contributed by atoms with van der Waals surface area (Å²) in [5.41, 5.74) is 6.98. The first kappa shape index (κ1) is 14.5. The minimum atomic E-state index is -0.134. The van der Waals surface area contributed by atoms with E-state index in [0.29, 0.717) is 0 Å². The zero-order valence-corrected chi connectivity index (χ0v) is 11.6. The van der Waals surface area contributed by atoms with E-state index in [0.717, 1.165) is 23.4 Å². The summed E-state index contributed by atoms with van der Waals surface area (Å²) >= 11 is 6.19. The molecule has 0 heterocycles. The number of rotatable bonds is 6. The average molecular weight is 256 g/mol. The van der Waals surface area contributed by atoms with Crippen molar-refractivity contribution < 1.29 is 4.74 Å². The lowest BCUT2D eigenvalue weighted by Gasteiger charge is -2.26. The van der Waals surface area contributed by atoms with Gasteiger partial charge in [0.2, 0.25) is 0 Å². The maximum Gasteiger partial charge on any atom is 0.0990 e. The number of halogens is 1. The van der Waals surface area contributed by atoms with Gasteiger partial charge in [0.25, 0.3) is 0 Å². The molecule has 0 aliphatic rings. The zero-order valence-electron chi connectivity index (χ0n) is 10.8. The first-order valence-electron chi connectivity index (χ1n) is 6.21. The molecule has 0 saturated heterocycles. The summed E-state index contributed by atoms with van der Waals surface area (Å²) in [4.78, 5) is 0. The van der Waals surface area contributed by atoms with Gasteiger partial charge in [-0.2, -0.15) is 0 Å². The van der Waals surface area contributed by atoms with Gasteiger partial charge in [-0.3, -0.25) is 0 Å². The molecule has 1 aromatic rings. The maximum atomic E-state index is 6.19. The molecular weight excluding hydrogens is 234 g/mol.